The van der Waals surface area contributed by atoms with Crippen LogP contribution in [0, 0.1) is 0 Å². The van der Waals surface area contributed by atoms with Gasteiger partial charge in [-0.25, -0.2) is 4.98 Å². The molecular weight excluding hydrogens is 282 g/mol. The highest BCUT2D eigenvalue weighted by Gasteiger charge is 2.18. The number of anilines is 1. The van der Waals surface area contributed by atoms with Gasteiger partial charge >= 0.3 is 0 Å². The van der Waals surface area contributed by atoms with Crippen molar-refractivity contribution in [3.8, 4) is 11.5 Å². The number of nitrogens with zero attached hydrogens (tertiary/aromatic N) is 1. The molecular formula is C13H16ClN3O3. The third-order valence-electron chi connectivity index (χ3n) is 2.88. The summed E-state index contributed by atoms with van der Waals surface area (Å²) >= 11 is 6.19. The van der Waals surface area contributed by atoms with Gasteiger partial charge in [-0.15, -0.1) is 0 Å². The zero-order chi connectivity index (χ0) is 14.7. The Hall–Kier alpha value is -1.76. The molecule has 0 radical (unpaired) electrons. The second-order valence-corrected chi connectivity index (χ2v) is 4.46. The van der Waals surface area contributed by atoms with Gasteiger partial charge in [0.1, 0.15) is 17.0 Å². The summed E-state index contributed by atoms with van der Waals surface area (Å²) in [5.74, 6) is 6.62. The van der Waals surface area contributed by atoms with Crippen LogP contribution in [-0.4, -0.2) is 26.3 Å². The standard InChI is InChI=1S/C13H16ClN3O3/c1-18-6-7-4-9(17-15)11-12(16-7)10(19-2)5-8(14)13(11)20-3/h4-5H,6,15H2,1-3H3,(H,16,17). The molecule has 0 spiro atoms. The maximum atomic E-state index is 6.19. The molecule has 0 unspecified atom stereocenters. The first-order valence-corrected chi connectivity index (χ1v) is 6.23. The Morgan fingerprint density at radius 1 is 1.25 bits per heavy atom. The third kappa shape index (κ3) is 2.45. The van der Waals surface area contributed by atoms with Crippen molar-refractivity contribution in [2.24, 2.45) is 5.84 Å². The average Bonchev–Trinajstić information content (AvgIpc) is 2.46. The Labute approximate surface area is 121 Å². The average molecular weight is 298 g/mol. The van der Waals surface area contributed by atoms with Gasteiger partial charge in [-0.3, -0.25) is 5.84 Å². The molecule has 2 aromatic rings. The predicted molar refractivity (Wildman–Crippen MR) is 78.4 cm³/mol. The first-order valence-electron chi connectivity index (χ1n) is 5.85. The summed E-state index contributed by atoms with van der Waals surface area (Å²) in [5, 5.41) is 1.09. The molecule has 6 nitrogen and oxygen atoms in total. The molecule has 1 aromatic heterocycles. The Kier molecular flexibility index (Phi) is 4.49. The molecule has 0 aliphatic rings. The van der Waals surface area contributed by atoms with Gasteiger partial charge in [0.25, 0.3) is 0 Å². The van der Waals surface area contributed by atoms with Crippen LogP contribution in [0.15, 0.2) is 12.1 Å². The van der Waals surface area contributed by atoms with Crippen LogP contribution in [0.25, 0.3) is 10.9 Å². The largest absolute Gasteiger partial charge is 0.494 e. The van der Waals surface area contributed by atoms with Crippen LogP contribution in [0.3, 0.4) is 0 Å². The molecule has 108 valence electrons. The van der Waals surface area contributed by atoms with Crippen molar-refractivity contribution in [1.82, 2.24) is 4.98 Å². The van der Waals surface area contributed by atoms with Crippen LogP contribution in [-0.2, 0) is 11.3 Å². The van der Waals surface area contributed by atoms with E-state index in [1.54, 1.807) is 26.4 Å². The van der Waals surface area contributed by atoms with Crippen molar-refractivity contribution in [3.05, 3.63) is 22.8 Å². The Balaban J connectivity index is 2.86. The summed E-state index contributed by atoms with van der Waals surface area (Å²) in [4.78, 5) is 4.51. The molecule has 0 saturated heterocycles. The molecule has 1 aromatic carbocycles. The lowest BCUT2D eigenvalue weighted by atomic mass is 10.1. The second-order valence-electron chi connectivity index (χ2n) is 4.06. The summed E-state index contributed by atoms with van der Waals surface area (Å²) in [7, 11) is 4.69. The van der Waals surface area contributed by atoms with Crippen LogP contribution >= 0.6 is 11.6 Å². The number of aromatic nitrogens is 1. The number of nitrogens with one attached hydrogen (secondary N) is 1. The number of hydrogen-bond donors (Lipinski definition) is 2. The fourth-order valence-corrected chi connectivity index (χ4v) is 2.34. The number of nitrogens with two attached hydrogens (primary N) is 1. The van der Waals surface area contributed by atoms with E-state index in [4.69, 9.17) is 31.7 Å². The molecule has 0 atom stereocenters. The van der Waals surface area contributed by atoms with Crippen LogP contribution < -0.4 is 20.7 Å². The fourth-order valence-electron chi connectivity index (χ4n) is 2.07. The van der Waals surface area contributed by atoms with E-state index in [0.29, 0.717) is 39.7 Å². The number of fused-ring (bicyclic) bond motifs is 1. The van der Waals surface area contributed by atoms with E-state index in [-0.39, 0.29) is 0 Å². The molecule has 7 heteroatoms. The Morgan fingerprint density at radius 3 is 2.55 bits per heavy atom. The van der Waals surface area contributed by atoms with Gasteiger partial charge in [-0.1, -0.05) is 11.6 Å². The highest BCUT2D eigenvalue weighted by molar-refractivity contribution is 6.34. The highest BCUT2D eigenvalue weighted by atomic mass is 35.5. The zero-order valence-corrected chi connectivity index (χ0v) is 12.2. The van der Waals surface area contributed by atoms with Gasteiger partial charge in [0.05, 0.1) is 42.6 Å². The molecule has 0 fully saturated rings. The molecule has 1 heterocycles. The van der Waals surface area contributed by atoms with E-state index >= 15 is 0 Å². The SMILES string of the molecule is COCc1cc(NN)c2c(OC)c(Cl)cc(OC)c2n1. The second kappa shape index (κ2) is 6.13. The van der Waals surface area contributed by atoms with Crippen molar-refractivity contribution < 1.29 is 14.2 Å². The molecule has 0 bridgehead atoms. The number of ether oxygens (including phenoxy) is 3. The van der Waals surface area contributed by atoms with E-state index in [2.05, 4.69) is 10.4 Å². The molecule has 0 amide bonds. The summed E-state index contributed by atoms with van der Waals surface area (Å²) in [6, 6.07) is 3.44. The van der Waals surface area contributed by atoms with Crippen LogP contribution in [0.2, 0.25) is 5.02 Å². The van der Waals surface area contributed by atoms with Crippen LogP contribution in [0.4, 0.5) is 5.69 Å². The fraction of sp³-hybridized carbons (Fsp3) is 0.308. The van der Waals surface area contributed by atoms with Crippen molar-refractivity contribution in [2.45, 2.75) is 6.61 Å². The number of benzene rings is 1. The molecule has 3 N–H and O–H groups in total. The number of rotatable bonds is 5. The van der Waals surface area contributed by atoms with E-state index in [1.807, 2.05) is 0 Å². The Morgan fingerprint density at radius 2 is 2.00 bits per heavy atom. The van der Waals surface area contributed by atoms with Crippen LogP contribution in [0.1, 0.15) is 5.69 Å². The Bertz CT molecular complexity index is 634. The minimum Gasteiger partial charge on any atom is -0.494 e. The summed E-state index contributed by atoms with van der Waals surface area (Å²) in [6.45, 7) is 0.360. The molecule has 20 heavy (non-hydrogen) atoms. The van der Waals surface area contributed by atoms with Gasteiger partial charge < -0.3 is 19.6 Å². The lowest BCUT2D eigenvalue weighted by molar-refractivity contribution is 0.182. The van der Waals surface area contributed by atoms with Crippen molar-refractivity contribution in [3.63, 3.8) is 0 Å². The summed E-state index contributed by atoms with van der Waals surface area (Å²) in [6.07, 6.45) is 0. The maximum absolute atomic E-state index is 6.19. The lowest BCUT2D eigenvalue weighted by Gasteiger charge is -2.15. The van der Waals surface area contributed by atoms with Gasteiger partial charge in [0, 0.05) is 13.2 Å². The first kappa shape index (κ1) is 14.6. The van der Waals surface area contributed by atoms with E-state index in [0.717, 1.165) is 5.69 Å². The molecule has 2 rings (SSSR count). The van der Waals surface area contributed by atoms with Crippen molar-refractivity contribution in [2.75, 3.05) is 26.8 Å². The molecule has 0 saturated carbocycles. The van der Waals surface area contributed by atoms with Gasteiger partial charge in [0.2, 0.25) is 0 Å². The van der Waals surface area contributed by atoms with E-state index < -0.39 is 0 Å². The minimum absolute atomic E-state index is 0.360. The number of halogens is 1. The number of pyridine rings is 1. The van der Waals surface area contributed by atoms with Crippen LogP contribution in [0.5, 0.6) is 11.5 Å². The minimum atomic E-state index is 0.360. The lowest BCUT2D eigenvalue weighted by Crippen LogP contribution is -2.09. The number of hydrogen-bond acceptors (Lipinski definition) is 6. The molecule has 0 aliphatic heterocycles. The summed E-state index contributed by atoms with van der Waals surface area (Å²) in [5.41, 5.74) is 4.60. The first-order chi connectivity index (χ1) is 9.65. The van der Waals surface area contributed by atoms with Gasteiger partial charge in [-0.2, -0.15) is 0 Å². The maximum Gasteiger partial charge on any atom is 0.149 e. The third-order valence-corrected chi connectivity index (χ3v) is 3.16. The number of nitrogen functional groups attached to an aromatic ring is 1. The summed E-state index contributed by atoms with van der Waals surface area (Å²) < 4.78 is 15.8. The smallest absolute Gasteiger partial charge is 0.149 e. The number of methoxy groups -OCH3 is 3. The van der Waals surface area contributed by atoms with E-state index in [9.17, 15) is 0 Å². The van der Waals surface area contributed by atoms with Gasteiger partial charge in [0.15, 0.2) is 0 Å². The molecule has 0 aliphatic carbocycles. The predicted octanol–water partition coefficient (Wildman–Crippen LogP) is 2.34. The van der Waals surface area contributed by atoms with Crippen molar-refractivity contribution >= 4 is 28.2 Å². The normalized spacial score (nSPS) is 10.7. The van der Waals surface area contributed by atoms with Gasteiger partial charge in [-0.05, 0) is 6.07 Å². The monoisotopic (exact) mass is 297 g/mol. The van der Waals surface area contributed by atoms with E-state index in [1.165, 1.54) is 7.11 Å². The topological polar surface area (TPSA) is 78.6 Å². The van der Waals surface area contributed by atoms with Crippen molar-refractivity contribution in [1.29, 1.82) is 0 Å². The highest BCUT2D eigenvalue weighted by Crippen LogP contribution is 2.42. The number of hydrazine groups is 1. The quantitative estimate of drug-likeness (QED) is 0.651. The zero-order valence-electron chi connectivity index (χ0n) is 11.5.